The molecular formula is C14H19ClN4. The molecule has 0 aromatic carbocycles. The molecule has 0 amide bonds. The molecule has 2 heterocycles. The lowest BCUT2D eigenvalue weighted by Crippen LogP contribution is -2.21. The highest BCUT2D eigenvalue weighted by Gasteiger charge is 2.14. The quantitative estimate of drug-likeness (QED) is 0.914. The van der Waals surface area contributed by atoms with Gasteiger partial charge in [0.05, 0.1) is 22.1 Å². The largest absolute Gasteiger partial charge is 0.303 e. The minimum Gasteiger partial charge on any atom is -0.303 e. The third-order valence-electron chi connectivity index (χ3n) is 3.16. The molecule has 0 saturated heterocycles. The van der Waals surface area contributed by atoms with Crippen molar-refractivity contribution in [2.45, 2.75) is 39.9 Å². The van der Waals surface area contributed by atoms with Crippen LogP contribution in [0.5, 0.6) is 0 Å². The fourth-order valence-electron chi connectivity index (χ4n) is 2.02. The van der Waals surface area contributed by atoms with E-state index >= 15 is 0 Å². The predicted octanol–water partition coefficient (Wildman–Crippen LogP) is 3.11. The first-order valence-electron chi connectivity index (χ1n) is 6.49. The van der Waals surface area contributed by atoms with Crippen molar-refractivity contribution in [3.8, 4) is 0 Å². The minimum atomic E-state index is 0.178. The summed E-state index contributed by atoms with van der Waals surface area (Å²) in [6.45, 7) is 7.60. The fourth-order valence-corrected chi connectivity index (χ4v) is 2.23. The van der Waals surface area contributed by atoms with Crippen LogP contribution in [0.1, 0.15) is 37.0 Å². The normalized spacial score (nSPS) is 12.6. The van der Waals surface area contributed by atoms with Crippen molar-refractivity contribution in [3.05, 3.63) is 46.5 Å². The maximum Gasteiger partial charge on any atom is 0.0860 e. The van der Waals surface area contributed by atoms with Gasteiger partial charge in [0.1, 0.15) is 0 Å². The molecular weight excluding hydrogens is 260 g/mol. The molecule has 0 aliphatic heterocycles. The van der Waals surface area contributed by atoms with Crippen molar-refractivity contribution >= 4 is 11.6 Å². The van der Waals surface area contributed by atoms with Gasteiger partial charge in [0.25, 0.3) is 0 Å². The standard InChI is InChI=1S/C14H19ClN4/c1-4-19-13(14(15)11(3)18-19)9-17-10(2)12-7-5-6-8-16-12/h5-8,10,17H,4,9H2,1-3H3/t10-/m1/s1. The van der Waals surface area contributed by atoms with Crippen molar-refractivity contribution in [1.29, 1.82) is 0 Å². The first-order valence-corrected chi connectivity index (χ1v) is 6.87. The Kier molecular flexibility index (Phi) is 4.56. The van der Waals surface area contributed by atoms with Crippen molar-refractivity contribution in [3.63, 3.8) is 0 Å². The highest BCUT2D eigenvalue weighted by molar-refractivity contribution is 6.31. The average molecular weight is 279 g/mol. The summed E-state index contributed by atoms with van der Waals surface area (Å²) in [6, 6.07) is 6.11. The molecule has 5 heteroatoms. The first kappa shape index (κ1) is 14.0. The molecule has 0 radical (unpaired) electrons. The van der Waals surface area contributed by atoms with Crippen molar-refractivity contribution in [2.75, 3.05) is 0 Å². The Morgan fingerprint density at radius 1 is 1.42 bits per heavy atom. The average Bonchev–Trinajstić information content (AvgIpc) is 2.72. The summed E-state index contributed by atoms with van der Waals surface area (Å²) in [6.07, 6.45) is 1.81. The van der Waals surface area contributed by atoms with E-state index < -0.39 is 0 Å². The Morgan fingerprint density at radius 3 is 2.84 bits per heavy atom. The van der Waals surface area contributed by atoms with Crippen LogP contribution in [-0.2, 0) is 13.1 Å². The predicted molar refractivity (Wildman–Crippen MR) is 77.1 cm³/mol. The molecule has 0 aliphatic carbocycles. The molecule has 1 atom stereocenters. The van der Waals surface area contributed by atoms with E-state index in [0.717, 1.165) is 28.6 Å². The first-order chi connectivity index (χ1) is 9.13. The van der Waals surface area contributed by atoms with Crippen LogP contribution in [0.15, 0.2) is 24.4 Å². The molecule has 2 aromatic heterocycles. The number of rotatable bonds is 5. The lowest BCUT2D eigenvalue weighted by molar-refractivity contribution is 0.523. The maximum atomic E-state index is 6.28. The van der Waals surface area contributed by atoms with Gasteiger partial charge < -0.3 is 5.32 Å². The summed E-state index contributed by atoms with van der Waals surface area (Å²) in [5.41, 5.74) is 2.94. The number of halogens is 1. The third kappa shape index (κ3) is 3.14. The van der Waals surface area contributed by atoms with Crippen LogP contribution < -0.4 is 5.32 Å². The van der Waals surface area contributed by atoms with E-state index in [2.05, 4.69) is 29.2 Å². The number of nitrogens with zero attached hydrogens (tertiary/aromatic N) is 3. The number of aromatic nitrogens is 3. The SMILES string of the molecule is CCn1nc(C)c(Cl)c1CN[C@H](C)c1ccccn1. The van der Waals surface area contributed by atoms with E-state index in [0.29, 0.717) is 6.54 Å². The van der Waals surface area contributed by atoms with Crippen LogP contribution in [0.25, 0.3) is 0 Å². The fraction of sp³-hybridized carbons (Fsp3) is 0.429. The second kappa shape index (κ2) is 6.17. The van der Waals surface area contributed by atoms with Crippen LogP contribution in [0.2, 0.25) is 5.02 Å². The van der Waals surface area contributed by atoms with Crippen LogP contribution in [0.3, 0.4) is 0 Å². The van der Waals surface area contributed by atoms with Gasteiger partial charge in [-0.3, -0.25) is 9.67 Å². The Balaban J connectivity index is 2.07. The number of pyridine rings is 1. The molecule has 2 aromatic rings. The van der Waals surface area contributed by atoms with E-state index in [-0.39, 0.29) is 6.04 Å². The monoisotopic (exact) mass is 278 g/mol. The van der Waals surface area contributed by atoms with Gasteiger partial charge >= 0.3 is 0 Å². The zero-order chi connectivity index (χ0) is 13.8. The molecule has 2 rings (SSSR count). The van der Waals surface area contributed by atoms with Crippen molar-refractivity contribution in [1.82, 2.24) is 20.1 Å². The van der Waals surface area contributed by atoms with E-state index in [1.54, 1.807) is 6.20 Å². The Morgan fingerprint density at radius 2 is 2.21 bits per heavy atom. The molecule has 0 saturated carbocycles. The Labute approximate surface area is 118 Å². The van der Waals surface area contributed by atoms with Gasteiger partial charge in [0.15, 0.2) is 0 Å². The maximum absolute atomic E-state index is 6.28. The molecule has 0 aliphatic rings. The van der Waals surface area contributed by atoms with Crippen LogP contribution in [-0.4, -0.2) is 14.8 Å². The van der Waals surface area contributed by atoms with Gasteiger partial charge in [-0.15, -0.1) is 0 Å². The Hall–Kier alpha value is -1.39. The van der Waals surface area contributed by atoms with E-state index in [1.165, 1.54) is 0 Å². The lowest BCUT2D eigenvalue weighted by atomic mass is 10.2. The van der Waals surface area contributed by atoms with Gasteiger partial charge in [-0.25, -0.2) is 0 Å². The summed E-state index contributed by atoms with van der Waals surface area (Å²) in [7, 11) is 0. The lowest BCUT2D eigenvalue weighted by Gasteiger charge is -2.14. The van der Waals surface area contributed by atoms with Gasteiger partial charge in [-0.05, 0) is 32.9 Å². The zero-order valence-corrected chi connectivity index (χ0v) is 12.3. The second-order valence-electron chi connectivity index (χ2n) is 4.52. The number of nitrogens with one attached hydrogen (secondary N) is 1. The summed E-state index contributed by atoms with van der Waals surface area (Å²) >= 11 is 6.28. The highest BCUT2D eigenvalue weighted by atomic mass is 35.5. The van der Waals surface area contributed by atoms with Crippen LogP contribution in [0, 0.1) is 6.92 Å². The zero-order valence-electron chi connectivity index (χ0n) is 11.5. The van der Waals surface area contributed by atoms with E-state index in [4.69, 9.17) is 11.6 Å². The minimum absolute atomic E-state index is 0.178. The number of hydrogen-bond acceptors (Lipinski definition) is 3. The van der Waals surface area contributed by atoms with Gasteiger partial charge in [-0.1, -0.05) is 17.7 Å². The van der Waals surface area contributed by atoms with Crippen molar-refractivity contribution in [2.24, 2.45) is 0 Å². The van der Waals surface area contributed by atoms with Crippen molar-refractivity contribution < 1.29 is 0 Å². The topological polar surface area (TPSA) is 42.7 Å². The summed E-state index contributed by atoms with van der Waals surface area (Å²) < 4.78 is 1.94. The third-order valence-corrected chi connectivity index (χ3v) is 3.65. The van der Waals surface area contributed by atoms with Gasteiger partial charge in [-0.2, -0.15) is 5.10 Å². The molecule has 0 fully saturated rings. The molecule has 0 bridgehead atoms. The number of hydrogen-bond donors (Lipinski definition) is 1. The summed E-state index contributed by atoms with van der Waals surface area (Å²) in [5.74, 6) is 0. The molecule has 1 N–H and O–H groups in total. The smallest absolute Gasteiger partial charge is 0.0860 e. The van der Waals surface area contributed by atoms with Gasteiger partial charge in [0.2, 0.25) is 0 Å². The van der Waals surface area contributed by atoms with Gasteiger partial charge in [0, 0.05) is 25.3 Å². The Bertz CT molecular complexity index is 536. The van der Waals surface area contributed by atoms with Crippen LogP contribution >= 0.6 is 11.6 Å². The molecule has 0 unspecified atom stereocenters. The molecule has 19 heavy (non-hydrogen) atoms. The van der Waals surface area contributed by atoms with E-state index in [9.17, 15) is 0 Å². The highest BCUT2D eigenvalue weighted by Crippen LogP contribution is 2.21. The molecule has 102 valence electrons. The molecule has 0 spiro atoms. The summed E-state index contributed by atoms with van der Waals surface area (Å²) in [5, 5.41) is 8.60. The summed E-state index contributed by atoms with van der Waals surface area (Å²) in [4.78, 5) is 4.34. The van der Waals surface area contributed by atoms with Crippen LogP contribution in [0.4, 0.5) is 0 Å². The molecule has 4 nitrogen and oxygen atoms in total. The van der Waals surface area contributed by atoms with E-state index in [1.807, 2.05) is 29.8 Å². The number of aryl methyl sites for hydroxylation is 2. The second-order valence-corrected chi connectivity index (χ2v) is 4.90.